The Bertz CT molecular complexity index is 478. The van der Waals surface area contributed by atoms with Gasteiger partial charge in [-0.3, -0.25) is 0 Å². The summed E-state index contributed by atoms with van der Waals surface area (Å²) in [4.78, 5) is 0. The van der Waals surface area contributed by atoms with Crippen LogP contribution < -0.4 is 0 Å². The SMILES string of the molecule is C=C1C[C@]23CC[C@@H]4C(C)(C)CCC[C@@]4(C)[C@@H]2CC[C@H]1[C@H]3O. The summed E-state index contributed by atoms with van der Waals surface area (Å²) in [6.45, 7) is 11.9. The van der Waals surface area contributed by atoms with Crippen LogP contribution in [0.2, 0.25) is 0 Å². The molecular weight excluding hydrogens is 256 g/mol. The summed E-state index contributed by atoms with van der Waals surface area (Å²) in [5.41, 5.74) is 2.50. The molecule has 4 rings (SSSR count). The molecule has 118 valence electrons. The maximum atomic E-state index is 11.0. The lowest BCUT2D eigenvalue weighted by atomic mass is 9.41. The zero-order valence-corrected chi connectivity index (χ0v) is 14.1. The van der Waals surface area contributed by atoms with E-state index in [2.05, 4.69) is 27.4 Å². The van der Waals surface area contributed by atoms with E-state index in [-0.39, 0.29) is 11.5 Å². The topological polar surface area (TPSA) is 20.2 Å². The van der Waals surface area contributed by atoms with E-state index in [0.29, 0.717) is 16.7 Å². The third kappa shape index (κ3) is 1.62. The Labute approximate surface area is 130 Å². The summed E-state index contributed by atoms with van der Waals surface area (Å²) in [6.07, 6.45) is 10.3. The van der Waals surface area contributed by atoms with Crippen molar-refractivity contribution in [3.8, 4) is 0 Å². The zero-order valence-electron chi connectivity index (χ0n) is 14.1. The van der Waals surface area contributed by atoms with E-state index in [1.807, 2.05) is 0 Å². The van der Waals surface area contributed by atoms with E-state index in [1.54, 1.807) is 0 Å². The predicted molar refractivity (Wildman–Crippen MR) is 86.9 cm³/mol. The van der Waals surface area contributed by atoms with Crippen molar-refractivity contribution >= 4 is 0 Å². The van der Waals surface area contributed by atoms with Gasteiger partial charge in [0.25, 0.3) is 0 Å². The molecule has 0 aliphatic heterocycles. The highest BCUT2D eigenvalue weighted by atomic mass is 16.3. The highest BCUT2D eigenvalue weighted by Crippen LogP contribution is 2.71. The lowest BCUT2D eigenvalue weighted by molar-refractivity contribution is -0.182. The molecule has 4 aliphatic rings. The Kier molecular flexibility index (Phi) is 2.83. The van der Waals surface area contributed by atoms with E-state index >= 15 is 0 Å². The van der Waals surface area contributed by atoms with Gasteiger partial charge in [0.1, 0.15) is 0 Å². The number of rotatable bonds is 0. The normalized spacial score (nSPS) is 55.0. The molecule has 0 unspecified atom stereocenters. The largest absolute Gasteiger partial charge is 0.392 e. The summed E-state index contributed by atoms with van der Waals surface area (Å²) in [7, 11) is 0. The average Bonchev–Trinajstić information content (AvgIpc) is 2.55. The standard InChI is InChI=1S/C20H32O/c1-13-12-20-11-8-15-18(2,3)9-5-10-19(15,4)16(20)7-6-14(13)17(20)21/h14-17,21H,1,5-12H2,2-4H3/t14-,15-,16+,17-,19-,20-/m1/s1. The van der Waals surface area contributed by atoms with Crippen LogP contribution in [0.1, 0.15) is 72.1 Å². The van der Waals surface area contributed by atoms with E-state index in [9.17, 15) is 5.11 Å². The first-order chi connectivity index (χ1) is 9.81. The summed E-state index contributed by atoms with van der Waals surface area (Å²) < 4.78 is 0. The molecule has 21 heavy (non-hydrogen) atoms. The van der Waals surface area contributed by atoms with Crippen LogP contribution in [0.5, 0.6) is 0 Å². The maximum Gasteiger partial charge on any atom is 0.0667 e. The molecule has 6 atom stereocenters. The van der Waals surface area contributed by atoms with Crippen molar-refractivity contribution in [2.45, 2.75) is 78.2 Å². The second kappa shape index (κ2) is 4.16. The zero-order chi connectivity index (χ0) is 15.0. The Morgan fingerprint density at radius 2 is 1.76 bits per heavy atom. The molecule has 0 heterocycles. The van der Waals surface area contributed by atoms with Crippen molar-refractivity contribution in [3.05, 3.63) is 12.2 Å². The summed E-state index contributed by atoms with van der Waals surface area (Å²) in [5, 5.41) is 11.0. The van der Waals surface area contributed by atoms with Gasteiger partial charge in [0, 0.05) is 11.3 Å². The molecule has 0 saturated heterocycles. The first-order valence-electron chi connectivity index (χ1n) is 9.17. The fourth-order valence-corrected chi connectivity index (χ4v) is 7.72. The Balaban J connectivity index is 1.77. The number of hydrogen-bond donors (Lipinski definition) is 1. The first kappa shape index (κ1) is 14.3. The van der Waals surface area contributed by atoms with E-state index in [0.717, 1.165) is 18.3 Å². The van der Waals surface area contributed by atoms with Crippen LogP contribution in [0.4, 0.5) is 0 Å². The third-order valence-electron chi connectivity index (χ3n) is 8.48. The van der Waals surface area contributed by atoms with Gasteiger partial charge in [-0.25, -0.2) is 0 Å². The van der Waals surface area contributed by atoms with E-state index < -0.39 is 0 Å². The molecule has 1 heteroatoms. The minimum absolute atomic E-state index is 0.0911. The molecule has 0 radical (unpaired) electrons. The fraction of sp³-hybridized carbons (Fsp3) is 0.900. The van der Waals surface area contributed by atoms with Crippen LogP contribution in [0, 0.1) is 34.0 Å². The Morgan fingerprint density at radius 3 is 2.52 bits per heavy atom. The van der Waals surface area contributed by atoms with Gasteiger partial charge in [-0.15, -0.1) is 0 Å². The highest BCUT2D eigenvalue weighted by Gasteiger charge is 2.66. The average molecular weight is 288 g/mol. The van der Waals surface area contributed by atoms with Crippen LogP contribution in [0.15, 0.2) is 12.2 Å². The minimum atomic E-state index is -0.0911. The second-order valence-electron chi connectivity index (χ2n) is 9.69. The predicted octanol–water partition coefficient (Wildman–Crippen LogP) is 4.95. The fourth-order valence-electron chi connectivity index (χ4n) is 7.72. The van der Waals surface area contributed by atoms with Crippen molar-refractivity contribution in [1.29, 1.82) is 0 Å². The molecule has 4 saturated carbocycles. The molecule has 0 aromatic heterocycles. The van der Waals surface area contributed by atoms with Gasteiger partial charge < -0.3 is 5.11 Å². The van der Waals surface area contributed by atoms with Gasteiger partial charge in [-0.05, 0) is 67.6 Å². The lowest BCUT2D eigenvalue weighted by Crippen LogP contribution is -2.59. The molecule has 1 N–H and O–H groups in total. The van der Waals surface area contributed by atoms with Crippen molar-refractivity contribution in [2.24, 2.45) is 34.0 Å². The van der Waals surface area contributed by atoms with Gasteiger partial charge >= 0.3 is 0 Å². The Hall–Kier alpha value is -0.300. The van der Waals surface area contributed by atoms with Gasteiger partial charge in [0.05, 0.1) is 6.10 Å². The van der Waals surface area contributed by atoms with Crippen molar-refractivity contribution in [1.82, 2.24) is 0 Å². The molecule has 4 aliphatic carbocycles. The molecule has 0 aromatic carbocycles. The summed E-state index contributed by atoms with van der Waals surface area (Å²) >= 11 is 0. The highest BCUT2D eigenvalue weighted by molar-refractivity contribution is 5.25. The molecule has 0 aromatic rings. The van der Waals surface area contributed by atoms with Crippen LogP contribution in [-0.4, -0.2) is 11.2 Å². The number of aliphatic hydroxyl groups excluding tert-OH is 1. The maximum absolute atomic E-state index is 11.0. The quantitative estimate of drug-likeness (QED) is 0.626. The van der Waals surface area contributed by atoms with Crippen LogP contribution in [0.25, 0.3) is 0 Å². The number of fused-ring (bicyclic) bond motifs is 3. The monoisotopic (exact) mass is 288 g/mol. The third-order valence-corrected chi connectivity index (χ3v) is 8.48. The molecular formula is C20H32O. The summed E-state index contributed by atoms with van der Waals surface area (Å²) in [5.74, 6) is 2.00. The smallest absolute Gasteiger partial charge is 0.0667 e. The Morgan fingerprint density at radius 1 is 1.00 bits per heavy atom. The molecule has 0 amide bonds. The van der Waals surface area contributed by atoms with Crippen molar-refractivity contribution < 1.29 is 5.11 Å². The minimum Gasteiger partial charge on any atom is -0.392 e. The van der Waals surface area contributed by atoms with Crippen molar-refractivity contribution in [3.63, 3.8) is 0 Å². The van der Waals surface area contributed by atoms with Gasteiger partial charge in [0.2, 0.25) is 0 Å². The number of aliphatic hydroxyl groups is 1. The van der Waals surface area contributed by atoms with Crippen molar-refractivity contribution in [2.75, 3.05) is 0 Å². The molecule has 1 spiro atoms. The molecule has 1 nitrogen and oxygen atoms in total. The lowest BCUT2D eigenvalue weighted by Gasteiger charge is -2.64. The number of hydrogen-bond acceptors (Lipinski definition) is 1. The molecule has 4 fully saturated rings. The molecule has 2 bridgehead atoms. The first-order valence-corrected chi connectivity index (χ1v) is 9.17. The van der Waals surface area contributed by atoms with Crippen LogP contribution in [-0.2, 0) is 0 Å². The summed E-state index contributed by atoms with van der Waals surface area (Å²) in [6, 6.07) is 0. The van der Waals surface area contributed by atoms with E-state index in [1.165, 1.54) is 50.5 Å². The second-order valence-corrected chi connectivity index (χ2v) is 9.69. The van der Waals surface area contributed by atoms with Gasteiger partial charge in [-0.1, -0.05) is 39.3 Å². The van der Waals surface area contributed by atoms with Crippen LogP contribution >= 0.6 is 0 Å². The van der Waals surface area contributed by atoms with Gasteiger partial charge in [-0.2, -0.15) is 0 Å². The van der Waals surface area contributed by atoms with E-state index in [4.69, 9.17) is 0 Å². The van der Waals surface area contributed by atoms with Gasteiger partial charge in [0.15, 0.2) is 0 Å². The van der Waals surface area contributed by atoms with Crippen LogP contribution in [0.3, 0.4) is 0 Å².